The van der Waals surface area contributed by atoms with Crippen molar-refractivity contribution in [1.29, 1.82) is 0 Å². The summed E-state index contributed by atoms with van der Waals surface area (Å²) < 4.78 is 45.8. The minimum atomic E-state index is -5.29. The molecular formula is C21H27FN2O7S. The van der Waals surface area contributed by atoms with Crippen LogP contribution in [0.2, 0.25) is 0 Å². The van der Waals surface area contributed by atoms with E-state index in [4.69, 9.17) is 4.74 Å². The maximum atomic E-state index is 13.4. The van der Waals surface area contributed by atoms with Crippen molar-refractivity contribution in [3.05, 3.63) is 29.3 Å². The van der Waals surface area contributed by atoms with Gasteiger partial charge in [0.1, 0.15) is 11.4 Å². The van der Waals surface area contributed by atoms with E-state index in [2.05, 4.69) is 9.50 Å². The fourth-order valence-electron chi connectivity index (χ4n) is 4.00. The number of nitrogens with zero attached hydrogens (tertiary/aromatic N) is 1. The first-order chi connectivity index (χ1) is 14.8. The Morgan fingerprint density at radius 2 is 1.81 bits per heavy atom. The van der Waals surface area contributed by atoms with Crippen molar-refractivity contribution in [3.63, 3.8) is 0 Å². The van der Waals surface area contributed by atoms with Crippen LogP contribution in [0.4, 0.5) is 8.68 Å². The molecule has 2 saturated heterocycles. The smallest absolute Gasteiger partial charge is 0.444 e. The molecule has 0 bridgehead atoms. The van der Waals surface area contributed by atoms with Crippen LogP contribution >= 0.6 is 0 Å². The zero-order valence-electron chi connectivity index (χ0n) is 18.2. The first-order valence-electron chi connectivity index (χ1n) is 10.4. The SMILES string of the molecule is CC(C)(C)OC(=O)N1CCC(c2ccc(C3CCC(=O)NC3=O)cc2OS(=O)(=O)F)CC1. The van der Waals surface area contributed by atoms with E-state index in [9.17, 15) is 26.7 Å². The van der Waals surface area contributed by atoms with Crippen molar-refractivity contribution in [2.24, 2.45) is 0 Å². The summed E-state index contributed by atoms with van der Waals surface area (Å²) in [7, 11) is -5.29. The summed E-state index contributed by atoms with van der Waals surface area (Å²) in [6, 6.07) is 4.62. The highest BCUT2D eigenvalue weighted by molar-refractivity contribution is 7.81. The van der Waals surface area contributed by atoms with Crippen LogP contribution in [-0.2, 0) is 24.8 Å². The van der Waals surface area contributed by atoms with Gasteiger partial charge in [0, 0.05) is 19.5 Å². The third kappa shape index (κ3) is 6.18. The Morgan fingerprint density at radius 1 is 1.16 bits per heavy atom. The second kappa shape index (κ2) is 9.05. The van der Waals surface area contributed by atoms with E-state index >= 15 is 0 Å². The van der Waals surface area contributed by atoms with E-state index in [0.29, 0.717) is 37.1 Å². The van der Waals surface area contributed by atoms with Crippen LogP contribution in [0.3, 0.4) is 0 Å². The molecule has 2 aliphatic rings. The topological polar surface area (TPSA) is 119 Å². The number of hydrogen-bond donors (Lipinski definition) is 1. The Balaban J connectivity index is 1.80. The van der Waals surface area contributed by atoms with Crippen molar-refractivity contribution in [2.45, 2.75) is 63.9 Å². The van der Waals surface area contributed by atoms with E-state index in [1.54, 1.807) is 37.8 Å². The molecule has 32 heavy (non-hydrogen) atoms. The molecule has 1 aromatic rings. The molecule has 0 aliphatic carbocycles. The van der Waals surface area contributed by atoms with E-state index in [0.717, 1.165) is 0 Å². The zero-order chi connectivity index (χ0) is 23.7. The molecule has 1 atom stereocenters. The first-order valence-corrected chi connectivity index (χ1v) is 11.7. The standard InChI is InChI=1S/C21H27FN2O7S/c1-21(2,3)30-20(27)24-10-8-13(9-11-24)15-5-4-14(12-17(15)31-32(22,28)29)16-6-7-18(25)23-19(16)26/h4-5,12-13,16H,6-11H2,1-3H3,(H,23,25,26). The van der Waals surface area contributed by atoms with Gasteiger partial charge >= 0.3 is 16.6 Å². The molecule has 3 rings (SSSR count). The lowest BCUT2D eigenvalue weighted by Gasteiger charge is -2.34. The fourth-order valence-corrected chi connectivity index (χ4v) is 4.35. The largest absolute Gasteiger partial charge is 0.488 e. The second-order valence-electron chi connectivity index (χ2n) is 9.02. The number of nitrogens with one attached hydrogen (secondary N) is 1. The Hall–Kier alpha value is -2.69. The Bertz CT molecular complexity index is 1010. The molecule has 176 valence electrons. The number of likely N-dealkylation sites (tertiary alicyclic amines) is 1. The quantitative estimate of drug-likeness (QED) is 0.531. The monoisotopic (exact) mass is 470 g/mol. The number of halogens is 1. The van der Waals surface area contributed by atoms with Crippen LogP contribution < -0.4 is 9.50 Å². The lowest BCUT2D eigenvalue weighted by atomic mass is 9.85. The van der Waals surface area contributed by atoms with Crippen LogP contribution in [0.1, 0.15) is 69.4 Å². The maximum Gasteiger partial charge on any atom is 0.488 e. The van der Waals surface area contributed by atoms with Gasteiger partial charge in [-0.15, -0.1) is 0 Å². The lowest BCUT2D eigenvalue weighted by molar-refractivity contribution is -0.134. The van der Waals surface area contributed by atoms with E-state index < -0.39 is 34.0 Å². The van der Waals surface area contributed by atoms with Crippen molar-refractivity contribution in [1.82, 2.24) is 10.2 Å². The van der Waals surface area contributed by atoms with Gasteiger partial charge in [0.15, 0.2) is 0 Å². The van der Waals surface area contributed by atoms with Gasteiger partial charge in [0.2, 0.25) is 11.8 Å². The summed E-state index contributed by atoms with van der Waals surface area (Å²) in [6.07, 6.45) is 0.991. The summed E-state index contributed by atoms with van der Waals surface area (Å²) in [6.45, 7) is 6.11. The number of piperidine rings is 2. The van der Waals surface area contributed by atoms with E-state index in [1.165, 1.54) is 6.07 Å². The maximum absolute atomic E-state index is 13.4. The molecule has 2 aliphatic heterocycles. The summed E-state index contributed by atoms with van der Waals surface area (Å²) in [5.41, 5.74) is 0.297. The molecular weight excluding hydrogens is 443 g/mol. The second-order valence-corrected chi connectivity index (χ2v) is 9.97. The third-order valence-electron chi connectivity index (χ3n) is 5.45. The summed E-state index contributed by atoms with van der Waals surface area (Å²) in [4.78, 5) is 37.4. The Morgan fingerprint density at radius 3 is 2.38 bits per heavy atom. The molecule has 2 heterocycles. The Kier molecular flexibility index (Phi) is 6.77. The first kappa shape index (κ1) is 24.0. The number of carbonyl (C=O) groups excluding carboxylic acids is 3. The average molecular weight is 471 g/mol. The minimum Gasteiger partial charge on any atom is -0.444 e. The molecule has 9 nitrogen and oxygen atoms in total. The number of imide groups is 1. The predicted molar refractivity (Wildman–Crippen MR) is 112 cm³/mol. The van der Waals surface area contributed by atoms with Gasteiger partial charge in [-0.2, -0.15) is 8.42 Å². The number of ether oxygens (including phenoxy) is 1. The van der Waals surface area contributed by atoms with Gasteiger partial charge in [-0.25, -0.2) is 4.79 Å². The number of amides is 3. The third-order valence-corrected chi connectivity index (χ3v) is 5.83. The van der Waals surface area contributed by atoms with Crippen LogP contribution in [0, 0.1) is 0 Å². The van der Waals surface area contributed by atoms with Crippen LogP contribution in [-0.4, -0.2) is 49.9 Å². The molecule has 1 unspecified atom stereocenters. The van der Waals surface area contributed by atoms with Crippen molar-refractivity contribution >= 4 is 28.4 Å². The van der Waals surface area contributed by atoms with E-state index in [-0.39, 0.29) is 30.4 Å². The Labute approximate surface area is 186 Å². The number of rotatable bonds is 4. The van der Waals surface area contributed by atoms with Crippen LogP contribution in [0.5, 0.6) is 5.75 Å². The van der Waals surface area contributed by atoms with Gasteiger partial charge in [-0.1, -0.05) is 16.0 Å². The van der Waals surface area contributed by atoms with Crippen LogP contribution in [0.25, 0.3) is 0 Å². The minimum absolute atomic E-state index is 0.152. The van der Waals surface area contributed by atoms with Gasteiger partial charge in [0.25, 0.3) is 0 Å². The molecule has 11 heteroatoms. The van der Waals surface area contributed by atoms with Gasteiger partial charge < -0.3 is 13.8 Å². The van der Waals surface area contributed by atoms with Crippen molar-refractivity contribution in [2.75, 3.05) is 13.1 Å². The van der Waals surface area contributed by atoms with Crippen molar-refractivity contribution < 1.29 is 35.6 Å². The van der Waals surface area contributed by atoms with Crippen LogP contribution in [0.15, 0.2) is 18.2 Å². The lowest BCUT2D eigenvalue weighted by Crippen LogP contribution is -2.41. The number of benzene rings is 1. The fraction of sp³-hybridized carbons (Fsp3) is 0.571. The van der Waals surface area contributed by atoms with Crippen molar-refractivity contribution in [3.8, 4) is 5.75 Å². The highest BCUT2D eigenvalue weighted by Crippen LogP contribution is 2.38. The predicted octanol–water partition coefficient (Wildman–Crippen LogP) is 2.91. The normalized spacial score (nSPS) is 20.6. The number of hydrogen-bond acceptors (Lipinski definition) is 7. The molecule has 2 fully saturated rings. The molecule has 0 aromatic heterocycles. The average Bonchev–Trinajstić information content (AvgIpc) is 2.65. The zero-order valence-corrected chi connectivity index (χ0v) is 19.0. The molecule has 0 saturated carbocycles. The molecule has 1 N–H and O–H groups in total. The summed E-state index contributed by atoms with van der Waals surface area (Å²) >= 11 is 0. The van der Waals surface area contributed by atoms with E-state index in [1.807, 2.05) is 0 Å². The molecule has 0 spiro atoms. The number of carbonyl (C=O) groups is 3. The van der Waals surface area contributed by atoms with Gasteiger partial charge in [-0.05, 0) is 63.1 Å². The molecule has 0 radical (unpaired) electrons. The molecule has 3 amide bonds. The molecule has 1 aromatic carbocycles. The highest BCUT2D eigenvalue weighted by Gasteiger charge is 2.32. The summed E-state index contributed by atoms with van der Waals surface area (Å²) in [5, 5.41) is 2.24. The van der Waals surface area contributed by atoms with Gasteiger partial charge in [-0.3, -0.25) is 14.9 Å². The summed E-state index contributed by atoms with van der Waals surface area (Å²) in [5.74, 6) is -1.90. The highest BCUT2D eigenvalue weighted by atomic mass is 32.3. The van der Waals surface area contributed by atoms with Gasteiger partial charge in [0.05, 0.1) is 5.92 Å².